The van der Waals surface area contributed by atoms with Crippen molar-refractivity contribution in [2.45, 2.75) is 45.6 Å². The summed E-state index contributed by atoms with van der Waals surface area (Å²) in [5.74, 6) is 1.18. The molecule has 4 heteroatoms. The van der Waals surface area contributed by atoms with Crippen LogP contribution in [0, 0.1) is 6.92 Å². The number of aromatic nitrogens is 1. The van der Waals surface area contributed by atoms with Crippen LogP contribution in [0.5, 0.6) is 0 Å². The normalized spacial score (nSPS) is 16.6. The molecule has 0 unspecified atom stereocenters. The third kappa shape index (κ3) is 5.29. The second kappa shape index (κ2) is 9.00. The lowest BCUT2D eigenvalue weighted by atomic mass is 10.1. The van der Waals surface area contributed by atoms with Crippen molar-refractivity contribution in [1.82, 2.24) is 10.3 Å². The minimum absolute atomic E-state index is 0.748. The minimum Gasteiger partial charge on any atom is -0.383 e. The van der Waals surface area contributed by atoms with Gasteiger partial charge in [0.1, 0.15) is 5.82 Å². The highest BCUT2D eigenvalue weighted by Crippen LogP contribution is 2.21. The maximum atomic E-state index is 5.04. The van der Waals surface area contributed by atoms with Gasteiger partial charge in [0.15, 0.2) is 0 Å². The molecule has 0 aromatic carbocycles. The third-order valence-corrected chi connectivity index (χ3v) is 4.07. The van der Waals surface area contributed by atoms with Crippen molar-refractivity contribution in [3.63, 3.8) is 0 Å². The van der Waals surface area contributed by atoms with E-state index in [9.17, 15) is 0 Å². The molecule has 21 heavy (non-hydrogen) atoms. The summed E-state index contributed by atoms with van der Waals surface area (Å²) in [4.78, 5) is 7.20. The van der Waals surface area contributed by atoms with E-state index in [0.717, 1.165) is 32.8 Å². The zero-order chi connectivity index (χ0) is 14.9. The van der Waals surface area contributed by atoms with Crippen LogP contribution in [0.25, 0.3) is 0 Å². The SMILES string of the molecule is COCCNCc1cnc(N2CCCCCCC2)c(C)c1. The Morgan fingerprint density at radius 3 is 2.57 bits per heavy atom. The molecule has 0 aliphatic carbocycles. The van der Waals surface area contributed by atoms with E-state index in [2.05, 4.69) is 23.2 Å². The van der Waals surface area contributed by atoms with Crippen LogP contribution in [0.3, 0.4) is 0 Å². The Morgan fingerprint density at radius 2 is 1.90 bits per heavy atom. The van der Waals surface area contributed by atoms with Gasteiger partial charge in [0.05, 0.1) is 6.61 Å². The molecule has 1 aromatic heterocycles. The van der Waals surface area contributed by atoms with Gasteiger partial charge in [-0.25, -0.2) is 4.98 Å². The van der Waals surface area contributed by atoms with Gasteiger partial charge in [0.2, 0.25) is 0 Å². The van der Waals surface area contributed by atoms with E-state index in [1.54, 1.807) is 7.11 Å². The molecule has 1 N–H and O–H groups in total. The van der Waals surface area contributed by atoms with Crippen LogP contribution < -0.4 is 10.2 Å². The molecular weight excluding hydrogens is 262 g/mol. The molecule has 1 aromatic rings. The molecule has 1 fully saturated rings. The lowest BCUT2D eigenvalue weighted by Gasteiger charge is -2.27. The smallest absolute Gasteiger partial charge is 0.131 e. The van der Waals surface area contributed by atoms with Gasteiger partial charge in [-0.3, -0.25) is 0 Å². The summed E-state index contributed by atoms with van der Waals surface area (Å²) in [6, 6.07) is 2.26. The molecule has 4 nitrogen and oxygen atoms in total. The van der Waals surface area contributed by atoms with E-state index in [1.165, 1.54) is 49.0 Å². The number of pyridine rings is 1. The fourth-order valence-corrected chi connectivity index (χ4v) is 2.92. The lowest BCUT2D eigenvalue weighted by Crippen LogP contribution is -2.28. The Balaban J connectivity index is 1.94. The zero-order valence-electron chi connectivity index (χ0n) is 13.5. The van der Waals surface area contributed by atoms with E-state index >= 15 is 0 Å². The number of nitrogens with zero attached hydrogens (tertiary/aromatic N) is 2. The van der Waals surface area contributed by atoms with E-state index in [1.807, 2.05) is 6.20 Å². The maximum Gasteiger partial charge on any atom is 0.131 e. The van der Waals surface area contributed by atoms with Crippen molar-refractivity contribution in [3.05, 3.63) is 23.4 Å². The van der Waals surface area contributed by atoms with Gasteiger partial charge < -0.3 is 15.0 Å². The Hall–Kier alpha value is -1.13. The topological polar surface area (TPSA) is 37.4 Å². The molecule has 0 saturated carbocycles. The standard InChI is InChI=1S/C17H29N3O/c1-15-12-16(13-18-8-11-21-2)14-19-17(15)20-9-6-4-3-5-7-10-20/h12,14,18H,3-11,13H2,1-2H3. The quantitative estimate of drug-likeness (QED) is 0.818. The Morgan fingerprint density at radius 1 is 1.19 bits per heavy atom. The highest BCUT2D eigenvalue weighted by Gasteiger charge is 2.12. The minimum atomic E-state index is 0.748. The molecule has 0 bridgehead atoms. The van der Waals surface area contributed by atoms with Crippen LogP contribution in [-0.2, 0) is 11.3 Å². The molecule has 1 aliphatic rings. The summed E-state index contributed by atoms with van der Waals surface area (Å²) >= 11 is 0. The fraction of sp³-hybridized carbons (Fsp3) is 0.706. The number of nitrogens with one attached hydrogen (secondary N) is 1. The average Bonchev–Trinajstić information content (AvgIpc) is 2.44. The molecule has 1 aliphatic heterocycles. The van der Waals surface area contributed by atoms with Gasteiger partial charge in [-0.2, -0.15) is 0 Å². The molecule has 2 heterocycles. The van der Waals surface area contributed by atoms with Crippen molar-refractivity contribution in [2.24, 2.45) is 0 Å². The van der Waals surface area contributed by atoms with Crippen LogP contribution in [0.1, 0.15) is 43.2 Å². The first-order valence-corrected chi connectivity index (χ1v) is 8.21. The Bertz CT molecular complexity index is 414. The second-order valence-corrected chi connectivity index (χ2v) is 5.91. The molecule has 0 radical (unpaired) electrons. The molecule has 1 saturated heterocycles. The van der Waals surface area contributed by atoms with Crippen LogP contribution in [0.2, 0.25) is 0 Å². The van der Waals surface area contributed by atoms with Crippen molar-refractivity contribution < 1.29 is 4.74 Å². The van der Waals surface area contributed by atoms with E-state index < -0.39 is 0 Å². The van der Waals surface area contributed by atoms with Crippen LogP contribution >= 0.6 is 0 Å². The van der Waals surface area contributed by atoms with Crippen LogP contribution in [0.15, 0.2) is 12.3 Å². The van der Waals surface area contributed by atoms with Gasteiger partial charge in [-0.1, -0.05) is 19.3 Å². The number of hydrogen-bond acceptors (Lipinski definition) is 4. The predicted octanol–water partition coefficient (Wildman–Crippen LogP) is 2.90. The zero-order valence-corrected chi connectivity index (χ0v) is 13.5. The van der Waals surface area contributed by atoms with Gasteiger partial charge in [-0.05, 0) is 37.0 Å². The summed E-state index contributed by atoms with van der Waals surface area (Å²) in [6.45, 7) is 6.97. The van der Waals surface area contributed by atoms with Crippen LogP contribution in [0.4, 0.5) is 5.82 Å². The largest absolute Gasteiger partial charge is 0.383 e. The summed E-state index contributed by atoms with van der Waals surface area (Å²) < 4.78 is 5.04. The van der Waals surface area contributed by atoms with Crippen molar-refractivity contribution in [3.8, 4) is 0 Å². The molecule has 0 atom stereocenters. The van der Waals surface area contributed by atoms with Crippen molar-refractivity contribution in [1.29, 1.82) is 0 Å². The van der Waals surface area contributed by atoms with E-state index in [4.69, 9.17) is 9.72 Å². The molecule has 0 spiro atoms. The first kappa shape index (κ1) is 16.2. The maximum absolute atomic E-state index is 5.04. The highest BCUT2D eigenvalue weighted by molar-refractivity contribution is 5.47. The molecule has 2 rings (SSSR count). The second-order valence-electron chi connectivity index (χ2n) is 5.91. The fourth-order valence-electron chi connectivity index (χ4n) is 2.92. The predicted molar refractivity (Wildman–Crippen MR) is 87.9 cm³/mol. The van der Waals surface area contributed by atoms with Gasteiger partial charge in [0.25, 0.3) is 0 Å². The summed E-state index contributed by atoms with van der Waals surface area (Å²) in [7, 11) is 1.73. The van der Waals surface area contributed by atoms with Gasteiger partial charge in [0, 0.05) is 39.5 Å². The van der Waals surface area contributed by atoms with E-state index in [-0.39, 0.29) is 0 Å². The number of aryl methyl sites for hydroxylation is 1. The number of ether oxygens (including phenoxy) is 1. The van der Waals surface area contributed by atoms with Crippen molar-refractivity contribution >= 4 is 5.82 Å². The van der Waals surface area contributed by atoms with E-state index in [0.29, 0.717) is 0 Å². The summed E-state index contributed by atoms with van der Waals surface area (Å²) in [6.07, 6.45) is 8.71. The number of anilines is 1. The summed E-state index contributed by atoms with van der Waals surface area (Å²) in [5, 5.41) is 3.37. The van der Waals surface area contributed by atoms with Gasteiger partial charge >= 0.3 is 0 Å². The first-order chi connectivity index (χ1) is 10.3. The lowest BCUT2D eigenvalue weighted by molar-refractivity contribution is 0.199. The summed E-state index contributed by atoms with van der Waals surface area (Å²) in [5.41, 5.74) is 2.54. The Kier molecular flexibility index (Phi) is 6.96. The Labute approximate surface area is 128 Å². The average molecular weight is 291 g/mol. The third-order valence-electron chi connectivity index (χ3n) is 4.07. The van der Waals surface area contributed by atoms with Crippen molar-refractivity contribution in [2.75, 3.05) is 38.3 Å². The van der Waals surface area contributed by atoms with Gasteiger partial charge in [-0.15, -0.1) is 0 Å². The molecule has 118 valence electrons. The highest BCUT2D eigenvalue weighted by atomic mass is 16.5. The number of methoxy groups -OCH3 is 1. The number of hydrogen-bond donors (Lipinski definition) is 1. The van der Waals surface area contributed by atoms with Crippen LogP contribution in [-0.4, -0.2) is 38.3 Å². The first-order valence-electron chi connectivity index (χ1n) is 8.21. The monoisotopic (exact) mass is 291 g/mol. The molecular formula is C17H29N3O. The number of rotatable bonds is 6. The molecule has 0 amide bonds.